The van der Waals surface area contributed by atoms with Crippen LogP contribution in [0.25, 0.3) is 0 Å². The van der Waals surface area contributed by atoms with Crippen molar-refractivity contribution in [1.29, 1.82) is 0 Å². The van der Waals surface area contributed by atoms with E-state index in [1.165, 1.54) is 25.7 Å². The third kappa shape index (κ3) is 2.92. The van der Waals surface area contributed by atoms with E-state index in [1.807, 2.05) is 12.1 Å². The number of rotatable bonds is 3. The Hall–Kier alpha value is -0.220. The SMILES string of the molecule is Nc1cc(Br)c(OCC2CCCC2)c(Br)c1. The molecule has 88 valence electrons. The number of ether oxygens (including phenoxy) is 1. The average molecular weight is 349 g/mol. The van der Waals surface area contributed by atoms with Crippen LogP contribution in [-0.2, 0) is 0 Å². The van der Waals surface area contributed by atoms with Gasteiger partial charge in [0.1, 0.15) is 5.75 Å². The number of hydrogen-bond donors (Lipinski definition) is 1. The molecule has 4 heteroatoms. The van der Waals surface area contributed by atoms with Gasteiger partial charge in [-0.1, -0.05) is 12.8 Å². The van der Waals surface area contributed by atoms with Crippen LogP contribution >= 0.6 is 31.9 Å². The van der Waals surface area contributed by atoms with Crippen LogP contribution in [0.2, 0.25) is 0 Å². The molecular weight excluding hydrogens is 334 g/mol. The zero-order valence-electron chi connectivity index (χ0n) is 9.01. The average Bonchev–Trinajstić information content (AvgIpc) is 2.68. The first-order chi connectivity index (χ1) is 7.66. The lowest BCUT2D eigenvalue weighted by molar-refractivity contribution is 0.249. The van der Waals surface area contributed by atoms with Gasteiger partial charge < -0.3 is 10.5 Å². The quantitative estimate of drug-likeness (QED) is 0.823. The number of nitrogens with two attached hydrogens (primary N) is 1. The van der Waals surface area contributed by atoms with E-state index in [-0.39, 0.29) is 0 Å². The van der Waals surface area contributed by atoms with Gasteiger partial charge in [0, 0.05) is 5.69 Å². The maximum atomic E-state index is 5.86. The van der Waals surface area contributed by atoms with E-state index in [0.29, 0.717) is 0 Å². The van der Waals surface area contributed by atoms with Gasteiger partial charge in [-0.25, -0.2) is 0 Å². The highest BCUT2D eigenvalue weighted by Gasteiger charge is 2.17. The van der Waals surface area contributed by atoms with Crippen molar-refractivity contribution in [3.8, 4) is 5.75 Å². The first-order valence-corrected chi connectivity index (χ1v) is 7.12. The molecule has 1 aliphatic rings. The fourth-order valence-electron chi connectivity index (χ4n) is 2.10. The monoisotopic (exact) mass is 347 g/mol. The second-order valence-electron chi connectivity index (χ2n) is 4.28. The molecule has 2 rings (SSSR count). The maximum absolute atomic E-state index is 5.86. The molecule has 1 saturated carbocycles. The fourth-order valence-corrected chi connectivity index (χ4v) is 3.55. The molecule has 0 aromatic heterocycles. The first kappa shape index (κ1) is 12.2. The first-order valence-electron chi connectivity index (χ1n) is 5.54. The molecule has 1 aromatic rings. The van der Waals surface area contributed by atoms with Crippen molar-refractivity contribution >= 4 is 37.5 Å². The third-order valence-electron chi connectivity index (χ3n) is 2.96. The van der Waals surface area contributed by atoms with Gasteiger partial charge in [-0.2, -0.15) is 0 Å². The maximum Gasteiger partial charge on any atom is 0.147 e. The van der Waals surface area contributed by atoms with Crippen molar-refractivity contribution in [2.24, 2.45) is 5.92 Å². The van der Waals surface area contributed by atoms with Gasteiger partial charge in [-0.3, -0.25) is 0 Å². The molecule has 16 heavy (non-hydrogen) atoms. The molecule has 0 unspecified atom stereocenters. The van der Waals surface area contributed by atoms with Crippen molar-refractivity contribution in [2.45, 2.75) is 25.7 Å². The Kier molecular flexibility index (Phi) is 4.14. The Morgan fingerprint density at radius 3 is 2.31 bits per heavy atom. The molecule has 1 fully saturated rings. The summed E-state index contributed by atoms with van der Waals surface area (Å²) in [5.74, 6) is 1.58. The summed E-state index contributed by atoms with van der Waals surface area (Å²) in [6, 6.07) is 3.74. The van der Waals surface area contributed by atoms with E-state index in [4.69, 9.17) is 10.5 Å². The van der Waals surface area contributed by atoms with E-state index in [9.17, 15) is 0 Å². The van der Waals surface area contributed by atoms with E-state index in [1.54, 1.807) is 0 Å². The van der Waals surface area contributed by atoms with Gasteiger partial charge in [0.05, 0.1) is 15.6 Å². The Balaban J connectivity index is 2.03. The second kappa shape index (κ2) is 5.41. The number of benzene rings is 1. The molecule has 0 aliphatic heterocycles. The van der Waals surface area contributed by atoms with Gasteiger partial charge >= 0.3 is 0 Å². The lowest BCUT2D eigenvalue weighted by Gasteiger charge is -2.14. The van der Waals surface area contributed by atoms with Crippen LogP contribution in [0.15, 0.2) is 21.1 Å². The fraction of sp³-hybridized carbons (Fsp3) is 0.500. The van der Waals surface area contributed by atoms with Gasteiger partial charge in [0.15, 0.2) is 0 Å². The predicted molar refractivity (Wildman–Crippen MR) is 73.7 cm³/mol. The van der Waals surface area contributed by atoms with E-state index in [2.05, 4.69) is 31.9 Å². The zero-order valence-corrected chi connectivity index (χ0v) is 12.2. The Morgan fingerprint density at radius 2 is 1.75 bits per heavy atom. The minimum atomic E-state index is 0.719. The van der Waals surface area contributed by atoms with Crippen LogP contribution in [0.5, 0.6) is 5.75 Å². The topological polar surface area (TPSA) is 35.2 Å². The summed E-state index contributed by atoms with van der Waals surface area (Å²) in [6.45, 7) is 0.807. The smallest absolute Gasteiger partial charge is 0.147 e. The highest BCUT2D eigenvalue weighted by atomic mass is 79.9. The summed E-state index contributed by atoms with van der Waals surface area (Å²) >= 11 is 6.95. The summed E-state index contributed by atoms with van der Waals surface area (Å²) in [4.78, 5) is 0. The number of nitrogen functional groups attached to an aromatic ring is 1. The van der Waals surface area contributed by atoms with Crippen LogP contribution in [0.1, 0.15) is 25.7 Å². The highest BCUT2D eigenvalue weighted by molar-refractivity contribution is 9.11. The molecule has 0 amide bonds. The molecule has 2 nitrogen and oxygen atoms in total. The van der Waals surface area contributed by atoms with Crippen molar-refractivity contribution in [2.75, 3.05) is 12.3 Å². The Bertz CT molecular complexity index is 352. The van der Waals surface area contributed by atoms with Crippen LogP contribution in [0.4, 0.5) is 5.69 Å². The summed E-state index contributed by atoms with van der Waals surface area (Å²) in [6.07, 6.45) is 5.28. The van der Waals surface area contributed by atoms with E-state index >= 15 is 0 Å². The lowest BCUT2D eigenvalue weighted by atomic mass is 10.1. The number of halogens is 2. The molecule has 0 atom stereocenters. The van der Waals surface area contributed by atoms with Crippen LogP contribution in [-0.4, -0.2) is 6.61 Å². The third-order valence-corrected chi connectivity index (χ3v) is 4.14. The van der Waals surface area contributed by atoms with Gasteiger partial charge in [-0.05, 0) is 62.8 Å². The standard InChI is InChI=1S/C12H15Br2NO/c13-10-5-9(15)6-11(14)12(10)16-7-8-3-1-2-4-8/h5-6,8H,1-4,7,15H2. The second-order valence-corrected chi connectivity index (χ2v) is 5.98. The van der Waals surface area contributed by atoms with Crippen molar-refractivity contribution in [1.82, 2.24) is 0 Å². The molecule has 1 aromatic carbocycles. The molecular formula is C12H15Br2NO. The molecule has 0 spiro atoms. The van der Waals surface area contributed by atoms with Crippen molar-refractivity contribution in [3.05, 3.63) is 21.1 Å². The molecule has 1 aliphatic carbocycles. The normalized spacial score (nSPS) is 16.6. The van der Waals surface area contributed by atoms with Gasteiger partial charge in [-0.15, -0.1) is 0 Å². The molecule has 0 radical (unpaired) electrons. The summed E-state index contributed by atoms with van der Waals surface area (Å²) in [5, 5.41) is 0. The highest BCUT2D eigenvalue weighted by Crippen LogP contribution is 2.36. The Labute approximate surface area is 113 Å². The van der Waals surface area contributed by atoms with Crippen LogP contribution < -0.4 is 10.5 Å². The Morgan fingerprint density at radius 1 is 1.19 bits per heavy atom. The van der Waals surface area contributed by atoms with Crippen LogP contribution in [0, 0.1) is 5.92 Å². The minimum Gasteiger partial charge on any atom is -0.491 e. The predicted octanol–water partition coefficient (Wildman–Crippen LogP) is 4.36. The molecule has 0 heterocycles. The summed E-state index contributed by atoms with van der Waals surface area (Å²) < 4.78 is 7.69. The largest absolute Gasteiger partial charge is 0.491 e. The van der Waals surface area contributed by atoms with Gasteiger partial charge in [0.25, 0.3) is 0 Å². The van der Waals surface area contributed by atoms with Crippen molar-refractivity contribution in [3.63, 3.8) is 0 Å². The molecule has 0 bridgehead atoms. The summed E-state index contributed by atoms with van der Waals surface area (Å²) in [7, 11) is 0. The van der Waals surface area contributed by atoms with E-state index < -0.39 is 0 Å². The number of anilines is 1. The van der Waals surface area contributed by atoms with Crippen molar-refractivity contribution < 1.29 is 4.74 Å². The molecule has 2 N–H and O–H groups in total. The van der Waals surface area contributed by atoms with Gasteiger partial charge in [0.2, 0.25) is 0 Å². The molecule has 0 saturated heterocycles. The summed E-state index contributed by atoms with van der Waals surface area (Å²) in [5.41, 5.74) is 6.46. The number of hydrogen-bond acceptors (Lipinski definition) is 2. The van der Waals surface area contributed by atoms with E-state index in [0.717, 1.165) is 32.9 Å². The zero-order chi connectivity index (χ0) is 11.5. The van der Waals surface area contributed by atoms with Crippen LogP contribution in [0.3, 0.4) is 0 Å². The minimum absolute atomic E-state index is 0.719. The lowest BCUT2D eigenvalue weighted by Crippen LogP contribution is -2.08.